The number of thioether (sulfide) groups is 2. The number of aliphatic hydroxyl groups is 1. The molecule has 1 aromatic rings. The zero-order valence-electron chi connectivity index (χ0n) is 22.0. The molecule has 3 aliphatic heterocycles. The van der Waals surface area contributed by atoms with Gasteiger partial charge < -0.3 is 30.5 Å². The number of hydrogen-bond donors (Lipinski definition) is 3. The van der Waals surface area contributed by atoms with Gasteiger partial charge in [0.15, 0.2) is 4.87 Å². The molecule has 3 heterocycles. The van der Waals surface area contributed by atoms with Gasteiger partial charge in [0.25, 0.3) is 5.91 Å². The second kappa shape index (κ2) is 13.0. The van der Waals surface area contributed by atoms with Gasteiger partial charge in [-0.05, 0) is 24.3 Å². The van der Waals surface area contributed by atoms with E-state index >= 15 is 0 Å². The van der Waals surface area contributed by atoms with E-state index in [2.05, 4.69) is 10.6 Å². The summed E-state index contributed by atoms with van der Waals surface area (Å²) in [7, 11) is 0. The zero-order chi connectivity index (χ0) is 28.5. The fourth-order valence-corrected chi connectivity index (χ4v) is 7.11. The van der Waals surface area contributed by atoms with Crippen molar-refractivity contribution in [1.29, 1.82) is 0 Å². The standard InChI is InChI=1S/C24H27N5O8S2.Na/c1-3-27-9-10-28(19(33)18(27)32)23(37)25-15(13-7-5-4-6-8-13)17(31)26-24(38-2)21(36)29-11-14(12-30)16(20(34)35)39-22(24)29;/h4-8,11,15-16,22,30H,3,9-10,12H2,1-2H3,(H,25,37)(H,26,31)(H,34,35);/q;+1/p-1/t15?,16?,22-,24+;/m1./s1. The van der Waals surface area contributed by atoms with Crippen LogP contribution in [0.25, 0.3) is 0 Å². The number of carbonyl (C=O) groups is 6. The van der Waals surface area contributed by atoms with Crippen LogP contribution < -0.4 is 45.3 Å². The maximum atomic E-state index is 13.6. The van der Waals surface area contributed by atoms with Crippen LogP contribution in [0.2, 0.25) is 0 Å². The summed E-state index contributed by atoms with van der Waals surface area (Å²) in [5.74, 6) is -4.62. The van der Waals surface area contributed by atoms with E-state index in [-0.39, 0.29) is 48.2 Å². The van der Waals surface area contributed by atoms with Crippen LogP contribution in [0.4, 0.5) is 4.79 Å². The van der Waals surface area contributed by atoms with Crippen molar-refractivity contribution in [3.63, 3.8) is 0 Å². The number of hydrogen-bond acceptors (Lipinski definition) is 10. The molecule has 0 saturated carbocycles. The van der Waals surface area contributed by atoms with Crippen LogP contribution in [0.15, 0.2) is 42.1 Å². The Morgan fingerprint density at radius 3 is 2.42 bits per heavy atom. The van der Waals surface area contributed by atoms with Crippen LogP contribution in [-0.4, -0.2) is 103 Å². The number of carbonyl (C=O) groups excluding carboxylic acids is 6. The van der Waals surface area contributed by atoms with Crippen LogP contribution >= 0.6 is 23.5 Å². The van der Waals surface area contributed by atoms with Crippen LogP contribution in [0.5, 0.6) is 0 Å². The number of fused-ring (bicyclic) bond motifs is 1. The molecule has 2 fully saturated rings. The number of benzene rings is 1. The molecule has 208 valence electrons. The second-order valence-corrected chi connectivity index (χ2v) is 11.1. The molecule has 16 heteroatoms. The predicted molar refractivity (Wildman–Crippen MR) is 138 cm³/mol. The van der Waals surface area contributed by atoms with Crippen molar-refractivity contribution >= 4 is 59.2 Å². The van der Waals surface area contributed by atoms with Crippen molar-refractivity contribution < 1.29 is 68.5 Å². The van der Waals surface area contributed by atoms with E-state index in [4.69, 9.17) is 0 Å². The Kier molecular flexibility index (Phi) is 10.4. The van der Waals surface area contributed by atoms with E-state index < -0.39 is 63.8 Å². The Balaban J connectivity index is 0.00000441. The molecule has 0 bridgehead atoms. The fourth-order valence-electron chi connectivity index (χ4n) is 4.54. The van der Waals surface area contributed by atoms with Gasteiger partial charge in [-0.1, -0.05) is 30.3 Å². The van der Waals surface area contributed by atoms with Crippen molar-refractivity contribution in [2.45, 2.75) is 28.5 Å². The molecule has 2 saturated heterocycles. The minimum absolute atomic E-state index is 0. The van der Waals surface area contributed by atoms with E-state index in [1.807, 2.05) is 0 Å². The molecule has 4 atom stereocenters. The summed E-state index contributed by atoms with van der Waals surface area (Å²) >= 11 is 1.83. The monoisotopic (exact) mass is 599 g/mol. The Bertz CT molecular complexity index is 1250. The van der Waals surface area contributed by atoms with Crippen molar-refractivity contribution in [3.8, 4) is 0 Å². The van der Waals surface area contributed by atoms with E-state index in [1.54, 1.807) is 43.5 Å². The molecule has 0 aliphatic carbocycles. The van der Waals surface area contributed by atoms with Crippen LogP contribution in [0, 0.1) is 0 Å². The third kappa shape index (κ3) is 5.63. The molecular formula is C24H26N5NaO8S2. The van der Waals surface area contributed by atoms with Gasteiger partial charge in [0.1, 0.15) is 11.4 Å². The van der Waals surface area contributed by atoms with Gasteiger partial charge in [-0.15, -0.1) is 23.5 Å². The number of aliphatic hydroxyl groups excluding tert-OH is 1. The number of rotatable bonds is 8. The molecule has 6 amide bonds. The Hall–Kier alpha value is -2.56. The van der Waals surface area contributed by atoms with Crippen molar-refractivity contribution in [2.75, 3.05) is 32.5 Å². The summed E-state index contributed by atoms with van der Waals surface area (Å²) in [6.07, 6.45) is 2.82. The molecule has 1 aromatic carbocycles. The molecule has 0 aromatic heterocycles. The third-order valence-corrected chi connectivity index (χ3v) is 9.58. The number of imide groups is 1. The number of amides is 6. The van der Waals surface area contributed by atoms with Gasteiger partial charge in [0, 0.05) is 25.8 Å². The molecule has 2 unspecified atom stereocenters. The maximum Gasteiger partial charge on any atom is 1.00 e. The number of nitrogens with zero attached hydrogens (tertiary/aromatic N) is 3. The SMILES string of the molecule is CCN1CCN(C(=O)NC(C(=O)N[C@]2(SC)C(=O)N3C=C(CO)C(C(=O)[O-])S[C@@H]32)c2ccccc2)C(=O)C1=O.[Na+]. The molecule has 0 spiro atoms. The average Bonchev–Trinajstić information content (AvgIpc) is 2.95. The van der Waals surface area contributed by atoms with Gasteiger partial charge in [-0.3, -0.25) is 29.0 Å². The number of carboxylic acids is 1. The topological polar surface area (TPSA) is 179 Å². The van der Waals surface area contributed by atoms with E-state index in [9.17, 15) is 39.0 Å². The van der Waals surface area contributed by atoms with Gasteiger partial charge in [0.2, 0.25) is 5.91 Å². The van der Waals surface area contributed by atoms with Crippen LogP contribution in [0.3, 0.4) is 0 Å². The first-order valence-corrected chi connectivity index (χ1v) is 14.1. The fraction of sp³-hybridized carbons (Fsp3) is 0.417. The summed E-state index contributed by atoms with van der Waals surface area (Å²) in [6.45, 7) is 1.53. The first-order valence-electron chi connectivity index (χ1n) is 11.9. The van der Waals surface area contributed by atoms with Gasteiger partial charge in [-0.25, -0.2) is 4.79 Å². The Morgan fingerprint density at radius 2 is 1.85 bits per heavy atom. The molecule has 40 heavy (non-hydrogen) atoms. The van der Waals surface area contributed by atoms with E-state index in [0.717, 1.165) is 28.4 Å². The number of likely N-dealkylation sites (N-methyl/N-ethyl adjacent to an activating group) is 1. The molecule has 3 N–H and O–H groups in total. The Morgan fingerprint density at radius 1 is 1.18 bits per heavy atom. The first kappa shape index (κ1) is 32.0. The van der Waals surface area contributed by atoms with Crippen molar-refractivity contribution in [3.05, 3.63) is 47.7 Å². The number of piperazine rings is 1. The number of nitrogens with one attached hydrogen (secondary N) is 2. The molecule has 3 aliphatic rings. The van der Waals surface area contributed by atoms with E-state index in [0.29, 0.717) is 12.1 Å². The number of urea groups is 1. The second-order valence-electron chi connectivity index (χ2n) is 8.83. The summed E-state index contributed by atoms with van der Waals surface area (Å²) < 4.78 is 0. The predicted octanol–water partition coefficient (Wildman–Crippen LogP) is -4.78. The van der Waals surface area contributed by atoms with Crippen molar-refractivity contribution in [2.24, 2.45) is 0 Å². The summed E-state index contributed by atoms with van der Waals surface area (Å²) in [4.78, 5) is 78.1. The van der Waals surface area contributed by atoms with Gasteiger partial charge in [0.05, 0.1) is 17.8 Å². The zero-order valence-corrected chi connectivity index (χ0v) is 25.6. The smallest absolute Gasteiger partial charge is 0.549 e. The maximum absolute atomic E-state index is 13.6. The molecular weight excluding hydrogens is 573 g/mol. The summed E-state index contributed by atoms with van der Waals surface area (Å²) in [5.41, 5.74) is 0.433. The molecule has 4 rings (SSSR count). The third-order valence-electron chi connectivity index (χ3n) is 6.69. The van der Waals surface area contributed by atoms with Gasteiger partial charge >= 0.3 is 47.4 Å². The van der Waals surface area contributed by atoms with Crippen LogP contribution in [0.1, 0.15) is 18.5 Å². The number of β-lactam (4-membered cyclic amide) rings is 1. The van der Waals surface area contributed by atoms with Crippen molar-refractivity contribution in [1.82, 2.24) is 25.3 Å². The first-order chi connectivity index (χ1) is 18.6. The molecule has 13 nitrogen and oxygen atoms in total. The normalized spacial score (nSPS) is 24.7. The number of carboxylic acid groups (broad SMARTS) is 1. The summed E-state index contributed by atoms with van der Waals surface area (Å²) in [6, 6.07) is 5.82. The van der Waals surface area contributed by atoms with Gasteiger partial charge in [-0.2, -0.15) is 0 Å². The van der Waals surface area contributed by atoms with E-state index in [1.165, 1.54) is 16.0 Å². The van der Waals surface area contributed by atoms with Crippen LogP contribution in [-0.2, 0) is 24.0 Å². The number of aliphatic carboxylic acids is 1. The Labute approximate surface area is 260 Å². The molecule has 0 radical (unpaired) electrons. The quantitative estimate of drug-likeness (QED) is 0.114. The summed E-state index contributed by atoms with van der Waals surface area (Å²) in [5, 5.41) is 24.3. The minimum atomic E-state index is -1.58. The average molecular weight is 600 g/mol. The largest absolute Gasteiger partial charge is 1.00 e. The minimum Gasteiger partial charge on any atom is -0.549 e.